The van der Waals surface area contributed by atoms with Gasteiger partial charge in [0.25, 0.3) is 15.9 Å². The number of esters is 1. The summed E-state index contributed by atoms with van der Waals surface area (Å²) < 4.78 is 40.0. The van der Waals surface area contributed by atoms with Crippen LogP contribution in [0.2, 0.25) is 0 Å². The Morgan fingerprint density at radius 2 is 1.74 bits per heavy atom. The molecule has 9 nitrogen and oxygen atoms in total. The number of sulfonamides is 1. The van der Waals surface area contributed by atoms with Crippen molar-refractivity contribution in [3.63, 3.8) is 0 Å². The van der Waals surface area contributed by atoms with Crippen molar-refractivity contribution in [2.75, 3.05) is 13.9 Å². The predicted octanol–water partition coefficient (Wildman–Crippen LogP) is 1.13. The quantitative estimate of drug-likeness (QED) is 0.578. The molecular weight excluding hydrogens is 376 g/mol. The van der Waals surface area contributed by atoms with Crippen LogP contribution >= 0.6 is 0 Å². The molecule has 0 atom stereocenters. The first kappa shape index (κ1) is 18.7. The van der Waals surface area contributed by atoms with Gasteiger partial charge in [-0.05, 0) is 42.8 Å². The third-order valence-corrected chi connectivity index (χ3v) is 5.22. The predicted molar refractivity (Wildman–Crippen MR) is 92.9 cm³/mol. The van der Waals surface area contributed by atoms with E-state index in [0.717, 1.165) is 0 Å². The molecular formula is C17H16N2O7S. The number of carbonyl (C=O) groups is 2. The van der Waals surface area contributed by atoms with Crippen molar-refractivity contribution < 1.29 is 32.2 Å². The van der Waals surface area contributed by atoms with Crippen molar-refractivity contribution in [1.29, 1.82) is 0 Å². The molecule has 2 aromatic carbocycles. The van der Waals surface area contributed by atoms with Crippen LogP contribution in [0.15, 0.2) is 41.3 Å². The Bertz CT molecular complexity index is 1020. The van der Waals surface area contributed by atoms with Crippen LogP contribution < -0.4 is 19.7 Å². The normalized spacial score (nSPS) is 12.5. The van der Waals surface area contributed by atoms with Gasteiger partial charge in [-0.25, -0.2) is 13.2 Å². The summed E-state index contributed by atoms with van der Waals surface area (Å²) in [6.07, 6.45) is 0. The van der Waals surface area contributed by atoms with Gasteiger partial charge in [-0.3, -0.25) is 10.2 Å². The van der Waals surface area contributed by atoms with Crippen molar-refractivity contribution in [2.45, 2.75) is 11.8 Å². The number of rotatable bonds is 5. The van der Waals surface area contributed by atoms with Crippen molar-refractivity contribution in [2.24, 2.45) is 0 Å². The van der Waals surface area contributed by atoms with E-state index in [0.29, 0.717) is 17.1 Å². The molecule has 0 saturated heterocycles. The monoisotopic (exact) mass is 392 g/mol. The topological polar surface area (TPSA) is 120 Å². The maximum absolute atomic E-state index is 12.5. The Morgan fingerprint density at radius 3 is 2.48 bits per heavy atom. The summed E-state index contributed by atoms with van der Waals surface area (Å²) in [5.41, 5.74) is 2.78. The standard InChI is InChI=1S/C17H16N2O7S/c1-10-3-4-12(17(21)24-2)8-15(10)27(22,23)19-18-16(20)11-5-6-13-14(7-11)26-9-25-13/h3-8,19H,9H2,1-2H3,(H,18,20). The fourth-order valence-corrected chi connectivity index (χ4v) is 3.52. The number of hydrogen-bond donors (Lipinski definition) is 2. The van der Waals surface area contributed by atoms with Gasteiger partial charge in [-0.2, -0.15) is 0 Å². The lowest BCUT2D eigenvalue weighted by atomic mass is 10.1. The number of ether oxygens (including phenoxy) is 3. The number of amides is 1. The summed E-state index contributed by atoms with van der Waals surface area (Å²) in [5.74, 6) is -0.455. The molecule has 0 spiro atoms. The Balaban J connectivity index is 1.77. The fourth-order valence-electron chi connectivity index (χ4n) is 2.41. The maximum atomic E-state index is 12.5. The summed E-state index contributed by atoms with van der Waals surface area (Å²) in [7, 11) is -2.92. The minimum absolute atomic E-state index is 0.0584. The number of carbonyl (C=O) groups excluding carboxylic acids is 2. The van der Waals surface area contributed by atoms with Gasteiger partial charge in [0.1, 0.15) is 0 Å². The van der Waals surface area contributed by atoms with E-state index in [9.17, 15) is 18.0 Å². The molecule has 1 amide bonds. The summed E-state index contributed by atoms with van der Waals surface area (Å²) in [6.45, 7) is 1.62. The average Bonchev–Trinajstić information content (AvgIpc) is 3.13. The van der Waals surface area contributed by atoms with Crippen LogP contribution in [-0.2, 0) is 14.8 Å². The highest BCUT2D eigenvalue weighted by molar-refractivity contribution is 7.89. The van der Waals surface area contributed by atoms with E-state index >= 15 is 0 Å². The van der Waals surface area contributed by atoms with Crippen molar-refractivity contribution >= 4 is 21.9 Å². The first-order valence-electron chi connectivity index (χ1n) is 7.72. The number of methoxy groups -OCH3 is 1. The largest absolute Gasteiger partial charge is 0.465 e. The lowest BCUT2D eigenvalue weighted by Gasteiger charge is -2.12. The Labute approximate surface area is 155 Å². The van der Waals surface area contributed by atoms with Crippen molar-refractivity contribution in [1.82, 2.24) is 10.3 Å². The average molecular weight is 392 g/mol. The first-order valence-corrected chi connectivity index (χ1v) is 9.21. The van der Waals surface area contributed by atoms with E-state index in [1.165, 1.54) is 37.4 Å². The molecule has 0 unspecified atom stereocenters. The van der Waals surface area contributed by atoms with E-state index < -0.39 is 21.9 Å². The number of fused-ring (bicyclic) bond motifs is 1. The van der Waals surface area contributed by atoms with Crippen molar-refractivity contribution in [3.05, 3.63) is 53.1 Å². The number of nitrogens with one attached hydrogen (secondary N) is 2. The molecule has 1 aliphatic rings. The maximum Gasteiger partial charge on any atom is 0.337 e. The number of benzene rings is 2. The lowest BCUT2D eigenvalue weighted by Crippen LogP contribution is -2.41. The van der Waals surface area contributed by atoms with Gasteiger partial charge in [-0.15, -0.1) is 4.83 Å². The molecule has 2 aromatic rings. The summed E-state index contributed by atoms with van der Waals surface area (Å²) in [6, 6.07) is 8.56. The zero-order valence-corrected chi connectivity index (χ0v) is 15.3. The highest BCUT2D eigenvalue weighted by atomic mass is 32.2. The van der Waals surface area contributed by atoms with Crippen LogP contribution in [0.5, 0.6) is 11.5 Å². The van der Waals surface area contributed by atoms with Crippen LogP contribution in [-0.4, -0.2) is 34.2 Å². The SMILES string of the molecule is COC(=O)c1ccc(C)c(S(=O)(=O)NNC(=O)c2ccc3c(c2)OCO3)c1. The van der Waals surface area contributed by atoms with Gasteiger partial charge in [0, 0.05) is 5.56 Å². The molecule has 0 radical (unpaired) electrons. The second kappa shape index (κ2) is 7.25. The van der Waals surface area contributed by atoms with Crippen LogP contribution in [0.25, 0.3) is 0 Å². The Kier molecular flexibility index (Phi) is 5.02. The molecule has 0 aromatic heterocycles. The fraction of sp³-hybridized carbons (Fsp3) is 0.176. The number of hydrogen-bond acceptors (Lipinski definition) is 7. The summed E-state index contributed by atoms with van der Waals surface area (Å²) >= 11 is 0. The second-order valence-electron chi connectivity index (χ2n) is 5.60. The summed E-state index contributed by atoms with van der Waals surface area (Å²) in [5, 5.41) is 0. The number of aryl methyl sites for hydroxylation is 1. The highest BCUT2D eigenvalue weighted by Crippen LogP contribution is 2.32. The number of hydrazine groups is 1. The van der Waals surface area contributed by atoms with Gasteiger partial charge >= 0.3 is 5.97 Å². The zero-order chi connectivity index (χ0) is 19.6. The minimum Gasteiger partial charge on any atom is -0.465 e. The molecule has 10 heteroatoms. The summed E-state index contributed by atoms with van der Waals surface area (Å²) in [4.78, 5) is 25.7. The molecule has 0 saturated carbocycles. The van der Waals surface area contributed by atoms with E-state index in [2.05, 4.69) is 10.2 Å². The van der Waals surface area contributed by atoms with E-state index in [1.54, 1.807) is 13.0 Å². The van der Waals surface area contributed by atoms with E-state index in [-0.39, 0.29) is 22.8 Å². The smallest absolute Gasteiger partial charge is 0.337 e. The van der Waals surface area contributed by atoms with Crippen LogP contribution in [0, 0.1) is 6.92 Å². The van der Waals surface area contributed by atoms with Crippen LogP contribution in [0.1, 0.15) is 26.3 Å². The van der Waals surface area contributed by atoms with Gasteiger partial charge in [0.2, 0.25) is 6.79 Å². The zero-order valence-electron chi connectivity index (χ0n) is 14.4. The minimum atomic E-state index is -4.12. The molecule has 0 aliphatic carbocycles. The molecule has 142 valence electrons. The lowest BCUT2D eigenvalue weighted by molar-refractivity contribution is 0.0600. The van der Waals surface area contributed by atoms with Crippen molar-refractivity contribution in [3.8, 4) is 11.5 Å². The third-order valence-electron chi connectivity index (χ3n) is 3.83. The molecule has 0 fully saturated rings. The molecule has 1 heterocycles. The first-order chi connectivity index (χ1) is 12.8. The van der Waals surface area contributed by atoms with E-state index in [4.69, 9.17) is 9.47 Å². The van der Waals surface area contributed by atoms with Gasteiger partial charge in [-0.1, -0.05) is 6.07 Å². The molecule has 2 N–H and O–H groups in total. The van der Waals surface area contributed by atoms with Crippen LogP contribution in [0.3, 0.4) is 0 Å². The van der Waals surface area contributed by atoms with E-state index in [1.807, 2.05) is 4.83 Å². The highest BCUT2D eigenvalue weighted by Gasteiger charge is 2.21. The van der Waals surface area contributed by atoms with Crippen LogP contribution in [0.4, 0.5) is 0 Å². The molecule has 3 rings (SSSR count). The van der Waals surface area contributed by atoms with Gasteiger partial charge < -0.3 is 14.2 Å². The molecule has 27 heavy (non-hydrogen) atoms. The second-order valence-corrected chi connectivity index (χ2v) is 7.25. The Hall–Kier alpha value is -3.11. The molecule has 1 aliphatic heterocycles. The van der Waals surface area contributed by atoms with Gasteiger partial charge in [0.15, 0.2) is 11.5 Å². The molecule has 0 bridgehead atoms. The third kappa shape index (κ3) is 3.86. The Morgan fingerprint density at radius 1 is 1.04 bits per heavy atom. The van der Waals surface area contributed by atoms with Gasteiger partial charge in [0.05, 0.1) is 17.6 Å².